The maximum atomic E-state index is 13.5. The van der Waals surface area contributed by atoms with E-state index in [1.165, 1.54) is 6.92 Å². The number of hydrogen-bond acceptors (Lipinski definition) is 4. The molecule has 1 aliphatic heterocycles. The van der Waals surface area contributed by atoms with Crippen molar-refractivity contribution in [2.75, 3.05) is 13.6 Å². The molecule has 1 aliphatic rings. The Morgan fingerprint density at radius 3 is 2.29 bits per heavy atom. The molecule has 7 heteroatoms. The molecular weight excluding hydrogens is 394 g/mol. The number of hydrogen-bond donors (Lipinski definition) is 2. The standard InChI is InChI=1S/C24H43N3O4/c1-9-17(4)27-14-12-11-13-19(27)21(28)25-20(24(5,6)7)22(29)26(8)18(10-2)15-16(3)23(30)31/h15,17-20H,9-14H2,1-8H3,(H,25,28)(H,30,31)/t17?,18-,19?,20+/m0/s1. The van der Waals surface area contributed by atoms with Crippen molar-refractivity contribution in [3.8, 4) is 0 Å². The second-order valence-electron chi connectivity index (χ2n) is 9.89. The quantitative estimate of drug-likeness (QED) is 0.539. The van der Waals surface area contributed by atoms with Crippen LogP contribution in [0, 0.1) is 5.41 Å². The van der Waals surface area contributed by atoms with Crippen molar-refractivity contribution in [1.29, 1.82) is 0 Å². The smallest absolute Gasteiger partial charge is 0.331 e. The molecule has 0 aromatic carbocycles. The topological polar surface area (TPSA) is 90.0 Å². The Balaban J connectivity index is 3.10. The Labute approximate surface area is 188 Å². The summed E-state index contributed by atoms with van der Waals surface area (Å²) in [5.41, 5.74) is -0.282. The number of amides is 2. The van der Waals surface area contributed by atoms with Gasteiger partial charge in [0.25, 0.3) is 0 Å². The fourth-order valence-corrected chi connectivity index (χ4v) is 4.12. The summed E-state index contributed by atoms with van der Waals surface area (Å²) in [6.07, 6.45) is 6.06. The van der Waals surface area contributed by atoms with E-state index in [1.807, 2.05) is 27.7 Å². The Morgan fingerprint density at radius 1 is 1.19 bits per heavy atom. The Hall–Kier alpha value is -1.89. The largest absolute Gasteiger partial charge is 0.478 e. The molecule has 178 valence electrons. The van der Waals surface area contributed by atoms with Crippen molar-refractivity contribution < 1.29 is 19.5 Å². The molecular formula is C24H43N3O4. The van der Waals surface area contributed by atoms with E-state index >= 15 is 0 Å². The van der Waals surface area contributed by atoms with Crippen LogP contribution in [-0.4, -0.2) is 70.4 Å². The Morgan fingerprint density at radius 2 is 1.81 bits per heavy atom. The van der Waals surface area contributed by atoms with E-state index in [-0.39, 0.29) is 29.5 Å². The van der Waals surface area contributed by atoms with Crippen LogP contribution in [0.2, 0.25) is 0 Å². The second kappa shape index (κ2) is 11.7. The van der Waals surface area contributed by atoms with E-state index in [0.717, 1.165) is 32.2 Å². The Bertz CT molecular complexity index is 668. The molecule has 0 aliphatic carbocycles. The summed E-state index contributed by atoms with van der Waals surface area (Å²) in [6, 6.07) is -0.950. The molecule has 2 unspecified atom stereocenters. The predicted molar refractivity (Wildman–Crippen MR) is 124 cm³/mol. The van der Waals surface area contributed by atoms with Crippen molar-refractivity contribution in [2.24, 2.45) is 5.41 Å². The normalized spacial score (nSPS) is 21.2. The van der Waals surface area contributed by atoms with Gasteiger partial charge in [-0.25, -0.2) is 4.79 Å². The molecule has 1 saturated heterocycles. The van der Waals surface area contributed by atoms with E-state index in [1.54, 1.807) is 18.0 Å². The van der Waals surface area contributed by atoms with Crippen molar-refractivity contribution in [3.05, 3.63) is 11.6 Å². The van der Waals surface area contributed by atoms with Gasteiger partial charge >= 0.3 is 5.97 Å². The summed E-state index contributed by atoms with van der Waals surface area (Å²) in [7, 11) is 1.68. The van der Waals surface area contributed by atoms with Crippen LogP contribution < -0.4 is 5.32 Å². The van der Waals surface area contributed by atoms with Crippen LogP contribution in [0.1, 0.15) is 80.6 Å². The third-order valence-corrected chi connectivity index (χ3v) is 6.45. The van der Waals surface area contributed by atoms with E-state index in [4.69, 9.17) is 0 Å². The molecule has 0 aromatic heterocycles. The van der Waals surface area contributed by atoms with Gasteiger partial charge in [0.1, 0.15) is 6.04 Å². The lowest BCUT2D eigenvalue weighted by Crippen LogP contribution is -2.60. The average Bonchev–Trinajstić information content (AvgIpc) is 2.72. The maximum absolute atomic E-state index is 13.5. The van der Waals surface area contributed by atoms with Crippen LogP contribution in [0.3, 0.4) is 0 Å². The number of piperidine rings is 1. The highest BCUT2D eigenvalue weighted by molar-refractivity contribution is 5.91. The average molecular weight is 438 g/mol. The molecule has 4 atom stereocenters. The summed E-state index contributed by atoms with van der Waals surface area (Å²) >= 11 is 0. The summed E-state index contributed by atoms with van der Waals surface area (Å²) in [5.74, 6) is -1.29. The molecule has 1 heterocycles. The minimum Gasteiger partial charge on any atom is -0.478 e. The number of carbonyl (C=O) groups excluding carboxylic acids is 2. The van der Waals surface area contributed by atoms with Crippen LogP contribution in [-0.2, 0) is 14.4 Å². The van der Waals surface area contributed by atoms with Crippen molar-refractivity contribution >= 4 is 17.8 Å². The third kappa shape index (κ3) is 7.34. The minimum atomic E-state index is -0.998. The van der Waals surface area contributed by atoms with Crippen LogP contribution in [0.4, 0.5) is 0 Å². The van der Waals surface area contributed by atoms with E-state index in [2.05, 4.69) is 24.1 Å². The number of rotatable bonds is 9. The molecule has 1 fully saturated rings. The minimum absolute atomic E-state index is 0.0908. The number of nitrogens with one attached hydrogen (secondary N) is 1. The Kier molecular flexibility index (Phi) is 10.2. The number of carboxylic acid groups (broad SMARTS) is 1. The van der Waals surface area contributed by atoms with E-state index in [0.29, 0.717) is 12.5 Å². The van der Waals surface area contributed by atoms with Crippen LogP contribution in [0.15, 0.2) is 11.6 Å². The zero-order valence-corrected chi connectivity index (χ0v) is 20.7. The molecule has 1 rings (SSSR count). The maximum Gasteiger partial charge on any atom is 0.331 e. The molecule has 2 amide bonds. The van der Waals surface area contributed by atoms with Crippen molar-refractivity contribution in [3.63, 3.8) is 0 Å². The van der Waals surface area contributed by atoms with Gasteiger partial charge in [-0.3, -0.25) is 14.5 Å². The van der Waals surface area contributed by atoms with Crippen LogP contribution in [0.5, 0.6) is 0 Å². The number of carboxylic acids is 1. The number of likely N-dealkylation sites (tertiary alicyclic amines) is 1. The predicted octanol–water partition coefficient (Wildman–Crippen LogP) is 3.44. The fourth-order valence-electron chi connectivity index (χ4n) is 4.12. The third-order valence-electron chi connectivity index (χ3n) is 6.45. The van der Waals surface area contributed by atoms with Gasteiger partial charge in [0, 0.05) is 18.7 Å². The van der Waals surface area contributed by atoms with Crippen molar-refractivity contribution in [2.45, 2.75) is 105 Å². The summed E-state index contributed by atoms with van der Waals surface area (Å²) in [5, 5.41) is 12.3. The zero-order valence-electron chi connectivity index (χ0n) is 20.7. The molecule has 0 aromatic rings. The fraction of sp³-hybridized carbons (Fsp3) is 0.792. The van der Waals surface area contributed by atoms with Gasteiger partial charge in [-0.2, -0.15) is 0 Å². The molecule has 2 N–H and O–H groups in total. The molecule has 0 spiro atoms. The van der Waals surface area contributed by atoms with E-state index in [9.17, 15) is 19.5 Å². The highest BCUT2D eigenvalue weighted by Crippen LogP contribution is 2.25. The number of nitrogens with zero attached hydrogens (tertiary/aromatic N) is 2. The lowest BCUT2D eigenvalue weighted by molar-refractivity contribution is -0.141. The van der Waals surface area contributed by atoms with Gasteiger partial charge in [-0.05, 0) is 51.5 Å². The first-order chi connectivity index (χ1) is 14.3. The van der Waals surface area contributed by atoms with Gasteiger partial charge in [0.15, 0.2) is 0 Å². The molecule has 7 nitrogen and oxygen atoms in total. The first-order valence-corrected chi connectivity index (χ1v) is 11.6. The monoisotopic (exact) mass is 437 g/mol. The first kappa shape index (κ1) is 27.1. The first-order valence-electron chi connectivity index (χ1n) is 11.6. The molecule has 0 bridgehead atoms. The molecule has 31 heavy (non-hydrogen) atoms. The van der Waals surface area contributed by atoms with Crippen LogP contribution in [0.25, 0.3) is 0 Å². The highest BCUT2D eigenvalue weighted by atomic mass is 16.4. The van der Waals surface area contributed by atoms with Crippen LogP contribution >= 0.6 is 0 Å². The van der Waals surface area contributed by atoms with Gasteiger partial charge in [-0.1, -0.05) is 47.1 Å². The molecule has 0 saturated carbocycles. The summed E-state index contributed by atoms with van der Waals surface area (Å²) < 4.78 is 0. The van der Waals surface area contributed by atoms with Gasteiger partial charge in [0.05, 0.1) is 12.1 Å². The molecule has 0 radical (unpaired) electrons. The van der Waals surface area contributed by atoms with Gasteiger partial charge in [0.2, 0.25) is 11.8 Å². The highest BCUT2D eigenvalue weighted by Gasteiger charge is 2.39. The SMILES string of the molecule is CCC(C)N1CCCCC1C(=O)N[C@H](C(=O)N(C)[C@H](C=C(C)C(=O)O)CC)C(C)(C)C. The number of likely N-dealkylation sites (N-methyl/N-ethyl adjacent to an activating group) is 1. The number of aliphatic carboxylic acids is 1. The lowest BCUT2D eigenvalue weighted by atomic mass is 9.85. The lowest BCUT2D eigenvalue weighted by Gasteiger charge is -2.41. The summed E-state index contributed by atoms with van der Waals surface area (Å²) in [4.78, 5) is 41.8. The zero-order chi connectivity index (χ0) is 23.9. The van der Waals surface area contributed by atoms with Gasteiger partial charge in [-0.15, -0.1) is 0 Å². The van der Waals surface area contributed by atoms with Gasteiger partial charge < -0.3 is 15.3 Å². The number of carbonyl (C=O) groups is 3. The second-order valence-corrected chi connectivity index (χ2v) is 9.89. The van der Waals surface area contributed by atoms with E-state index < -0.39 is 17.4 Å². The summed E-state index contributed by atoms with van der Waals surface area (Å²) in [6.45, 7) is 14.4. The van der Waals surface area contributed by atoms with Crippen molar-refractivity contribution in [1.82, 2.24) is 15.1 Å².